The predicted molar refractivity (Wildman–Crippen MR) is 155 cm³/mol. The van der Waals surface area contributed by atoms with Crippen LogP contribution in [0.1, 0.15) is 22.8 Å². The molecule has 0 saturated heterocycles. The van der Waals surface area contributed by atoms with Gasteiger partial charge in [0.1, 0.15) is 27.8 Å². The molecule has 1 heterocycles. The largest absolute Gasteiger partial charge is 0.496 e. The Bertz CT molecular complexity index is 1540. The molecular formula is C29H25Cl2N3O7. The fraction of sp³-hybridized carbons (Fsp3) is 0.172. The summed E-state index contributed by atoms with van der Waals surface area (Å²) in [5, 5.41) is 5.50. The number of imide groups is 1. The first-order chi connectivity index (χ1) is 19.7. The summed E-state index contributed by atoms with van der Waals surface area (Å²) in [4.78, 5) is 51.4. The molecule has 0 aliphatic carbocycles. The predicted octanol–water partition coefficient (Wildman–Crippen LogP) is 5.15. The monoisotopic (exact) mass is 597 g/mol. The van der Waals surface area contributed by atoms with Crippen LogP contribution in [0.3, 0.4) is 0 Å². The highest BCUT2D eigenvalue weighted by Crippen LogP contribution is 2.33. The van der Waals surface area contributed by atoms with Gasteiger partial charge in [-0.15, -0.1) is 0 Å². The lowest BCUT2D eigenvalue weighted by molar-refractivity contribution is -0.120. The van der Waals surface area contributed by atoms with E-state index >= 15 is 0 Å². The summed E-state index contributed by atoms with van der Waals surface area (Å²) in [6, 6.07) is 16.0. The summed E-state index contributed by atoms with van der Waals surface area (Å²) in [5.41, 5.74) is 1.84. The second-order valence-electron chi connectivity index (χ2n) is 8.63. The topological polar surface area (TPSA) is 123 Å². The quantitative estimate of drug-likeness (QED) is 0.243. The van der Waals surface area contributed by atoms with Gasteiger partial charge in [0.15, 0.2) is 0 Å². The Morgan fingerprint density at radius 2 is 1.61 bits per heavy atom. The number of hydrogen-bond donors (Lipinski definition) is 2. The van der Waals surface area contributed by atoms with Crippen LogP contribution in [-0.4, -0.2) is 44.5 Å². The number of carbonyl (C=O) groups excluding carboxylic acids is 4. The Morgan fingerprint density at radius 1 is 0.927 bits per heavy atom. The molecule has 3 amide bonds. The van der Waals surface area contributed by atoms with E-state index in [-0.39, 0.29) is 45.1 Å². The van der Waals surface area contributed by atoms with Crippen LogP contribution < -0.4 is 25.0 Å². The number of anilines is 3. The molecule has 212 valence electrons. The lowest BCUT2D eigenvalue weighted by Crippen LogP contribution is -2.32. The molecule has 10 nitrogen and oxygen atoms in total. The first-order valence-corrected chi connectivity index (χ1v) is 13.1. The standard InChI is InChI=1S/C29H25Cl2N3O7/c1-4-41-19-11-9-18(10-12-19)34-27(36)25(31)26(28(34)37)32-17-7-5-16(6-8-17)13-24(35)33-22-15-23(39-2)20(14-21(22)30)29(38)40-3/h5-12,14-15,32H,4,13H2,1-3H3,(H,33,35). The van der Waals surface area contributed by atoms with Gasteiger partial charge in [-0.25, -0.2) is 9.69 Å². The third-order valence-corrected chi connectivity index (χ3v) is 6.65. The number of hydrogen-bond acceptors (Lipinski definition) is 8. The van der Waals surface area contributed by atoms with Crippen LogP contribution in [0.15, 0.2) is 71.4 Å². The number of methoxy groups -OCH3 is 2. The van der Waals surface area contributed by atoms with Gasteiger partial charge in [0, 0.05) is 11.8 Å². The summed E-state index contributed by atoms with van der Waals surface area (Å²) in [6.45, 7) is 2.34. The molecule has 4 rings (SSSR count). The first kappa shape index (κ1) is 29.4. The molecule has 3 aromatic rings. The van der Waals surface area contributed by atoms with Crippen molar-refractivity contribution in [2.24, 2.45) is 0 Å². The molecular weight excluding hydrogens is 573 g/mol. The van der Waals surface area contributed by atoms with Crippen LogP contribution in [0.5, 0.6) is 11.5 Å². The fourth-order valence-electron chi connectivity index (χ4n) is 4.02. The summed E-state index contributed by atoms with van der Waals surface area (Å²) < 4.78 is 15.3. The molecule has 0 radical (unpaired) electrons. The van der Waals surface area contributed by atoms with Gasteiger partial charge in [0.2, 0.25) is 5.91 Å². The third kappa shape index (κ3) is 6.45. The molecule has 0 aromatic heterocycles. The number of benzene rings is 3. The second-order valence-corrected chi connectivity index (χ2v) is 9.42. The number of halogens is 2. The highest BCUT2D eigenvalue weighted by Gasteiger charge is 2.39. The van der Waals surface area contributed by atoms with Gasteiger partial charge < -0.3 is 24.8 Å². The van der Waals surface area contributed by atoms with Gasteiger partial charge in [-0.2, -0.15) is 0 Å². The number of rotatable bonds is 10. The Labute approximate surface area is 245 Å². The van der Waals surface area contributed by atoms with Crippen molar-refractivity contribution < 1.29 is 33.4 Å². The normalized spacial score (nSPS) is 12.9. The minimum atomic E-state index is -0.647. The minimum absolute atomic E-state index is 0.00403. The number of nitrogens with zero attached hydrogens (tertiary/aromatic N) is 1. The molecule has 1 aliphatic heterocycles. The van der Waals surface area contributed by atoms with E-state index in [1.54, 1.807) is 48.5 Å². The number of esters is 1. The molecule has 41 heavy (non-hydrogen) atoms. The van der Waals surface area contributed by atoms with Crippen molar-refractivity contribution in [1.82, 2.24) is 0 Å². The zero-order valence-corrected chi connectivity index (χ0v) is 23.8. The summed E-state index contributed by atoms with van der Waals surface area (Å²) in [6.07, 6.45) is 0.00403. The maximum Gasteiger partial charge on any atom is 0.341 e. The van der Waals surface area contributed by atoms with E-state index in [2.05, 4.69) is 10.6 Å². The molecule has 2 N–H and O–H groups in total. The van der Waals surface area contributed by atoms with E-state index in [1.807, 2.05) is 6.92 Å². The fourth-order valence-corrected chi connectivity index (χ4v) is 4.45. The molecule has 0 unspecified atom stereocenters. The van der Waals surface area contributed by atoms with Crippen molar-refractivity contribution in [3.63, 3.8) is 0 Å². The molecule has 0 bridgehead atoms. The molecule has 0 fully saturated rings. The maximum absolute atomic E-state index is 13.0. The van der Waals surface area contributed by atoms with Crippen LogP contribution in [0.2, 0.25) is 5.02 Å². The Morgan fingerprint density at radius 3 is 2.22 bits per heavy atom. The Hall–Kier alpha value is -4.54. The van der Waals surface area contributed by atoms with E-state index < -0.39 is 17.8 Å². The Kier molecular flexibility index (Phi) is 9.16. The van der Waals surface area contributed by atoms with Gasteiger partial charge >= 0.3 is 5.97 Å². The molecule has 0 saturated carbocycles. The van der Waals surface area contributed by atoms with Crippen molar-refractivity contribution in [2.75, 3.05) is 36.4 Å². The van der Waals surface area contributed by atoms with Crippen LogP contribution >= 0.6 is 23.2 Å². The zero-order chi connectivity index (χ0) is 29.7. The lowest BCUT2D eigenvalue weighted by Gasteiger charge is -2.15. The number of amides is 3. The molecule has 0 atom stereocenters. The summed E-state index contributed by atoms with van der Waals surface area (Å²) in [7, 11) is 2.62. The molecule has 1 aliphatic rings. The smallest absolute Gasteiger partial charge is 0.341 e. The first-order valence-electron chi connectivity index (χ1n) is 12.3. The zero-order valence-electron chi connectivity index (χ0n) is 22.2. The SMILES string of the molecule is CCOc1ccc(N2C(=O)C(Cl)=C(Nc3ccc(CC(=O)Nc4cc(OC)c(C(=O)OC)cc4Cl)cc3)C2=O)cc1. The van der Waals surface area contributed by atoms with E-state index in [0.717, 1.165) is 4.90 Å². The molecule has 0 spiro atoms. The average molecular weight is 598 g/mol. The van der Waals surface area contributed by atoms with Gasteiger partial charge in [-0.05, 0) is 55.0 Å². The summed E-state index contributed by atoms with van der Waals surface area (Å²) >= 11 is 12.5. The van der Waals surface area contributed by atoms with Crippen molar-refractivity contribution in [3.8, 4) is 11.5 Å². The van der Waals surface area contributed by atoms with Crippen molar-refractivity contribution in [3.05, 3.63) is 87.5 Å². The van der Waals surface area contributed by atoms with E-state index in [1.165, 1.54) is 26.4 Å². The van der Waals surface area contributed by atoms with Crippen molar-refractivity contribution in [2.45, 2.75) is 13.3 Å². The van der Waals surface area contributed by atoms with Crippen LogP contribution in [-0.2, 0) is 25.5 Å². The average Bonchev–Trinajstić information content (AvgIpc) is 3.17. The van der Waals surface area contributed by atoms with Crippen LogP contribution in [0.25, 0.3) is 0 Å². The van der Waals surface area contributed by atoms with Gasteiger partial charge in [-0.3, -0.25) is 14.4 Å². The Balaban J connectivity index is 1.41. The van der Waals surface area contributed by atoms with Gasteiger partial charge in [-0.1, -0.05) is 35.3 Å². The van der Waals surface area contributed by atoms with Crippen molar-refractivity contribution >= 4 is 64.0 Å². The van der Waals surface area contributed by atoms with Crippen molar-refractivity contribution in [1.29, 1.82) is 0 Å². The number of ether oxygens (including phenoxy) is 3. The van der Waals surface area contributed by atoms with Gasteiger partial charge in [0.25, 0.3) is 11.8 Å². The van der Waals surface area contributed by atoms with E-state index in [4.69, 9.17) is 37.4 Å². The lowest BCUT2D eigenvalue weighted by atomic mass is 10.1. The third-order valence-electron chi connectivity index (χ3n) is 5.99. The molecule has 12 heteroatoms. The van der Waals surface area contributed by atoms with E-state index in [9.17, 15) is 19.2 Å². The number of carbonyl (C=O) groups is 4. The highest BCUT2D eigenvalue weighted by molar-refractivity contribution is 6.53. The highest BCUT2D eigenvalue weighted by atomic mass is 35.5. The van der Waals surface area contributed by atoms with E-state index in [0.29, 0.717) is 29.3 Å². The minimum Gasteiger partial charge on any atom is -0.496 e. The second kappa shape index (κ2) is 12.8. The number of nitrogens with one attached hydrogen (secondary N) is 2. The van der Waals surface area contributed by atoms with Gasteiger partial charge in [0.05, 0.1) is 43.6 Å². The molecule has 3 aromatic carbocycles. The van der Waals surface area contributed by atoms with Crippen LogP contribution in [0, 0.1) is 0 Å². The van der Waals surface area contributed by atoms with Crippen LogP contribution in [0.4, 0.5) is 17.1 Å². The maximum atomic E-state index is 13.0. The summed E-state index contributed by atoms with van der Waals surface area (Å²) in [5.74, 6) is -1.43.